The van der Waals surface area contributed by atoms with Crippen LogP contribution in [0.5, 0.6) is 0 Å². The SMILES string of the molecule is O=C1CC[C@@H]([C@@H](O)CC/C=C/CC/C=C/CCCOCc2ccccc2)O1. The Morgan fingerprint density at radius 2 is 1.78 bits per heavy atom. The summed E-state index contributed by atoms with van der Waals surface area (Å²) in [5, 5.41) is 9.96. The lowest BCUT2D eigenvalue weighted by Crippen LogP contribution is -2.25. The molecule has 0 amide bonds. The van der Waals surface area contributed by atoms with Gasteiger partial charge in [-0.2, -0.15) is 0 Å². The summed E-state index contributed by atoms with van der Waals surface area (Å²) >= 11 is 0. The van der Waals surface area contributed by atoms with E-state index in [-0.39, 0.29) is 12.1 Å². The zero-order valence-electron chi connectivity index (χ0n) is 16.1. The molecule has 2 atom stereocenters. The minimum atomic E-state index is -0.537. The highest BCUT2D eigenvalue weighted by Gasteiger charge is 2.29. The lowest BCUT2D eigenvalue weighted by molar-refractivity contribution is -0.145. The van der Waals surface area contributed by atoms with E-state index in [1.54, 1.807) is 0 Å². The van der Waals surface area contributed by atoms with Gasteiger partial charge in [-0.1, -0.05) is 54.6 Å². The molecule has 0 spiro atoms. The second kappa shape index (κ2) is 13.3. The van der Waals surface area contributed by atoms with Gasteiger partial charge < -0.3 is 14.6 Å². The van der Waals surface area contributed by atoms with E-state index in [1.807, 2.05) is 18.2 Å². The van der Waals surface area contributed by atoms with Crippen LogP contribution < -0.4 is 0 Å². The number of unbranched alkanes of at least 4 members (excludes halogenated alkanes) is 2. The van der Waals surface area contributed by atoms with Gasteiger partial charge in [0.15, 0.2) is 0 Å². The van der Waals surface area contributed by atoms with E-state index >= 15 is 0 Å². The van der Waals surface area contributed by atoms with Gasteiger partial charge in [-0.3, -0.25) is 4.79 Å². The summed E-state index contributed by atoms with van der Waals surface area (Å²) in [6, 6.07) is 10.2. The molecule has 1 aliphatic heterocycles. The zero-order valence-corrected chi connectivity index (χ0v) is 16.1. The molecule has 27 heavy (non-hydrogen) atoms. The maximum atomic E-state index is 11.0. The largest absolute Gasteiger partial charge is 0.460 e. The molecule has 4 heteroatoms. The highest BCUT2D eigenvalue weighted by molar-refractivity contribution is 5.71. The lowest BCUT2D eigenvalue weighted by atomic mass is 10.1. The maximum Gasteiger partial charge on any atom is 0.306 e. The number of ether oxygens (including phenoxy) is 2. The molecule has 0 unspecified atom stereocenters. The van der Waals surface area contributed by atoms with Crippen molar-refractivity contribution in [3.63, 3.8) is 0 Å². The molecule has 1 aliphatic rings. The molecule has 1 aromatic rings. The lowest BCUT2D eigenvalue weighted by Gasteiger charge is -2.15. The number of benzene rings is 1. The average molecular weight is 373 g/mol. The molecule has 4 nitrogen and oxygen atoms in total. The van der Waals surface area contributed by atoms with E-state index in [0.29, 0.717) is 25.9 Å². The number of cyclic esters (lactones) is 1. The highest BCUT2D eigenvalue weighted by atomic mass is 16.6. The van der Waals surface area contributed by atoms with E-state index in [9.17, 15) is 9.90 Å². The Hall–Kier alpha value is -1.91. The summed E-state index contributed by atoms with van der Waals surface area (Å²) in [7, 11) is 0. The molecular formula is C23H32O4. The van der Waals surface area contributed by atoms with Crippen LogP contribution in [0, 0.1) is 0 Å². The van der Waals surface area contributed by atoms with Crippen molar-refractivity contribution in [2.45, 2.75) is 70.2 Å². The molecule has 0 saturated carbocycles. The van der Waals surface area contributed by atoms with Crippen molar-refractivity contribution in [2.75, 3.05) is 6.61 Å². The molecule has 1 N–H and O–H groups in total. The molecule has 0 aliphatic carbocycles. The molecule has 1 saturated heterocycles. The van der Waals surface area contributed by atoms with Crippen LogP contribution in [-0.4, -0.2) is 29.9 Å². The number of aliphatic hydroxyl groups is 1. The first-order valence-corrected chi connectivity index (χ1v) is 10.0. The summed E-state index contributed by atoms with van der Waals surface area (Å²) in [5.74, 6) is -0.191. The second-order valence-corrected chi connectivity index (χ2v) is 6.91. The van der Waals surface area contributed by atoms with Gasteiger partial charge >= 0.3 is 5.97 Å². The molecule has 0 bridgehead atoms. The minimum absolute atomic E-state index is 0.191. The molecule has 2 rings (SSSR count). The number of hydrogen-bond donors (Lipinski definition) is 1. The van der Waals surface area contributed by atoms with Crippen LogP contribution >= 0.6 is 0 Å². The van der Waals surface area contributed by atoms with Crippen LogP contribution in [0.4, 0.5) is 0 Å². The van der Waals surface area contributed by atoms with Gasteiger partial charge in [0.2, 0.25) is 0 Å². The molecule has 0 radical (unpaired) electrons. The van der Waals surface area contributed by atoms with Gasteiger partial charge in [0, 0.05) is 13.0 Å². The number of allylic oxidation sites excluding steroid dienone is 4. The number of rotatable bonds is 13. The first-order chi connectivity index (χ1) is 13.3. The van der Waals surface area contributed by atoms with Crippen LogP contribution in [0.3, 0.4) is 0 Å². The molecule has 0 aromatic heterocycles. The van der Waals surface area contributed by atoms with Crippen LogP contribution in [0.15, 0.2) is 54.6 Å². The van der Waals surface area contributed by atoms with Gasteiger partial charge in [0.25, 0.3) is 0 Å². The van der Waals surface area contributed by atoms with E-state index in [1.165, 1.54) is 5.56 Å². The Morgan fingerprint density at radius 1 is 1.07 bits per heavy atom. The first-order valence-electron chi connectivity index (χ1n) is 10.0. The third kappa shape index (κ3) is 9.55. The number of hydrogen-bond acceptors (Lipinski definition) is 4. The van der Waals surface area contributed by atoms with Crippen molar-refractivity contribution in [1.29, 1.82) is 0 Å². The molecular weight excluding hydrogens is 340 g/mol. The standard InChI is InChI=1S/C23H32O4/c24-21(22-16-17-23(25)27-22)15-11-6-4-2-1-3-5-7-12-18-26-19-20-13-9-8-10-14-20/h3-6,8-10,13-14,21-22,24H,1-2,7,11-12,15-19H2/b5-3+,6-4+/t21-,22-/m0/s1. The first kappa shape index (κ1) is 21.4. The summed E-state index contributed by atoms with van der Waals surface area (Å²) < 4.78 is 10.7. The summed E-state index contributed by atoms with van der Waals surface area (Å²) in [6.45, 7) is 1.48. The van der Waals surface area contributed by atoms with Crippen molar-refractivity contribution in [3.05, 3.63) is 60.2 Å². The monoisotopic (exact) mass is 372 g/mol. The molecule has 1 fully saturated rings. The number of carbonyl (C=O) groups is 1. The predicted molar refractivity (Wildman–Crippen MR) is 107 cm³/mol. The smallest absolute Gasteiger partial charge is 0.306 e. The summed E-state index contributed by atoms with van der Waals surface area (Å²) in [5.41, 5.74) is 1.22. The van der Waals surface area contributed by atoms with Crippen molar-refractivity contribution in [2.24, 2.45) is 0 Å². The zero-order chi connectivity index (χ0) is 19.2. The highest BCUT2D eigenvalue weighted by Crippen LogP contribution is 2.19. The molecule has 1 aromatic carbocycles. The molecule has 148 valence electrons. The Kier molecular flexibility index (Phi) is 10.5. The third-order valence-corrected chi connectivity index (χ3v) is 4.58. The van der Waals surface area contributed by atoms with Gasteiger partial charge in [-0.25, -0.2) is 0 Å². The van der Waals surface area contributed by atoms with E-state index in [0.717, 1.165) is 38.7 Å². The maximum absolute atomic E-state index is 11.0. The van der Waals surface area contributed by atoms with E-state index in [4.69, 9.17) is 9.47 Å². The fourth-order valence-corrected chi connectivity index (χ4v) is 3.00. The van der Waals surface area contributed by atoms with Crippen molar-refractivity contribution in [1.82, 2.24) is 0 Å². The second-order valence-electron chi connectivity index (χ2n) is 6.91. The predicted octanol–water partition coefficient (Wildman–Crippen LogP) is 4.72. The average Bonchev–Trinajstić information content (AvgIpc) is 3.12. The quantitative estimate of drug-likeness (QED) is 0.309. The van der Waals surface area contributed by atoms with Gasteiger partial charge in [-0.15, -0.1) is 0 Å². The van der Waals surface area contributed by atoms with E-state index in [2.05, 4.69) is 36.4 Å². The number of aliphatic hydroxyl groups excluding tert-OH is 1. The van der Waals surface area contributed by atoms with Crippen LogP contribution in [0.25, 0.3) is 0 Å². The van der Waals surface area contributed by atoms with Crippen molar-refractivity contribution in [3.8, 4) is 0 Å². The summed E-state index contributed by atoms with van der Waals surface area (Å²) in [4.78, 5) is 11.0. The topological polar surface area (TPSA) is 55.8 Å². The van der Waals surface area contributed by atoms with Crippen LogP contribution in [0.2, 0.25) is 0 Å². The fraction of sp³-hybridized carbons (Fsp3) is 0.522. The molecule has 1 heterocycles. The number of carbonyl (C=O) groups excluding carboxylic acids is 1. The minimum Gasteiger partial charge on any atom is -0.460 e. The summed E-state index contributed by atoms with van der Waals surface area (Å²) in [6.07, 6.45) is 14.5. The van der Waals surface area contributed by atoms with Crippen molar-refractivity contribution >= 4 is 5.97 Å². The van der Waals surface area contributed by atoms with Gasteiger partial charge in [-0.05, 0) is 50.5 Å². The normalized spacial score (nSPS) is 18.4. The van der Waals surface area contributed by atoms with E-state index < -0.39 is 6.10 Å². The van der Waals surface area contributed by atoms with Gasteiger partial charge in [0.05, 0.1) is 12.7 Å². The number of esters is 1. The van der Waals surface area contributed by atoms with Crippen molar-refractivity contribution < 1.29 is 19.4 Å². The Balaban J connectivity index is 1.39. The van der Waals surface area contributed by atoms with Crippen LogP contribution in [-0.2, 0) is 20.9 Å². The Labute approximate surface area is 162 Å². The Bertz CT molecular complexity index is 579. The Morgan fingerprint density at radius 3 is 2.48 bits per heavy atom. The van der Waals surface area contributed by atoms with Gasteiger partial charge in [0.1, 0.15) is 6.10 Å². The fourth-order valence-electron chi connectivity index (χ4n) is 3.00. The van der Waals surface area contributed by atoms with Crippen LogP contribution in [0.1, 0.15) is 56.9 Å². The third-order valence-electron chi connectivity index (χ3n) is 4.58.